The van der Waals surface area contributed by atoms with Crippen LogP contribution < -0.4 is 0 Å². The minimum Gasteiger partial charge on any atom is -0.478 e. The molecule has 1 N–H and O–H groups in total. The Morgan fingerprint density at radius 1 is 1.28 bits per heavy atom. The molecule has 0 amide bonds. The molecule has 1 aromatic rings. The lowest BCUT2D eigenvalue weighted by Crippen LogP contribution is -2.08. The maximum absolute atomic E-state index is 11.9. The summed E-state index contributed by atoms with van der Waals surface area (Å²) in [6, 6.07) is 5.88. The lowest BCUT2D eigenvalue weighted by molar-refractivity contribution is -0.132. The quantitative estimate of drug-likeness (QED) is 0.817. The molecular weight excluding hydrogens is 276 g/mol. The summed E-state index contributed by atoms with van der Waals surface area (Å²) in [6.45, 7) is 3.35. The van der Waals surface area contributed by atoms with Crippen molar-refractivity contribution < 1.29 is 18.3 Å². The number of benzene rings is 1. The molecule has 0 aliphatic carbocycles. The van der Waals surface area contributed by atoms with Gasteiger partial charge >= 0.3 is 5.97 Å². The normalized spacial score (nSPS) is 11.2. The van der Waals surface area contributed by atoms with E-state index in [1.807, 2.05) is 0 Å². The molecule has 0 fully saturated rings. The Hall–Kier alpha value is -1.33. The van der Waals surface area contributed by atoms with Gasteiger partial charge in [0.1, 0.15) is 0 Å². The first kappa shape index (κ1) is 14.7. The van der Waals surface area contributed by atoms with E-state index in [4.69, 9.17) is 16.7 Å². The molecular formula is C12H13ClO4S. The fourth-order valence-corrected chi connectivity index (χ4v) is 2.78. The second kappa shape index (κ2) is 6.02. The number of rotatable bonds is 6. The summed E-state index contributed by atoms with van der Waals surface area (Å²) in [7, 11) is -3.39. The van der Waals surface area contributed by atoms with Crippen molar-refractivity contribution in [2.45, 2.75) is 17.7 Å². The number of halogens is 1. The van der Waals surface area contributed by atoms with E-state index in [0.717, 1.165) is 0 Å². The third-order valence-corrected chi connectivity index (χ3v) is 4.44. The number of carbonyl (C=O) groups is 1. The summed E-state index contributed by atoms with van der Waals surface area (Å²) in [5, 5.41) is 9.06. The Labute approximate surface area is 111 Å². The van der Waals surface area contributed by atoms with Gasteiger partial charge in [0.25, 0.3) is 0 Å². The van der Waals surface area contributed by atoms with Crippen LogP contribution in [0.15, 0.2) is 41.3 Å². The van der Waals surface area contributed by atoms with Crippen LogP contribution in [0.5, 0.6) is 0 Å². The first-order chi connectivity index (χ1) is 8.33. The first-order valence-electron chi connectivity index (χ1n) is 5.22. The molecule has 1 rings (SSSR count). The van der Waals surface area contributed by atoms with Gasteiger partial charge in [0.05, 0.1) is 10.6 Å². The van der Waals surface area contributed by atoms with Crippen LogP contribution in [0.1, 0.15) is 12.8 Å². The molecule has 0 heterocycles. The average molecular weight is 289 g/mol. The Morgan fingerprint density at radius 3 is 2.33 bits per heavy atom. The van der Waals surface area contributed by atoms with Gasteiger partial charge in [0, 0.05) is 10.6 Å². The van der Waals surface area contributed by atoms with Crippen LogP contribution in [0, 0.1) is 0 Å². The highest BCUT2D eigenvalue weighted by Crippen LogP contribution is 2.17. The highest BCUT2D eigenvalue weighted by atomic mass is 35.5. The first-order valence-corrected chi connectivity index (χ1v) is 7.25. The predicted molar refractivity (Wildman–Crippen MR) is 69.5 cm³/mol. The molecule has 0 aliphatic heterocycles. The molecule has 0 spiro atoms. The molecule has 0 bridgehead atoms. The number of carboxylic acid groups (broad SMARTS) is 1. The summed E-state index contributed by atoms with van der Waals surface area (Å²) in [5.41, 5.74) is 0.0151. The summed E-state index contributed by atoms with van der Waals surface area (Å²) >= 11 is 5.67. The van der Waals surface area contributed by atoms with Crippen molar-refractivity contribution in [1.82, 2.24) is 0 Å². The van der Waals surface area contributed by atoms with Crippen molar-refractivity contribution in [2.24, 2.45) is 0 Å². The minimum absolute atomic E-state index is 0.0151. The van der Waals surface area contributed by atoms with Crippen LogP contribution in [-0.4, -0.2) is 25.2 Å². The number of sulfone groups is 1. The van der Waals surface area contributed by atoms with Crippen LogP contribution >= 0.6 is 11.6 Å². The molecule has 18 heavy (non-hydrogen) atoms. The predicted octanol–water partition coefficient (Wildman–Crippen LogP) is 2.53. The van der Waals surface area contributed by atoms with Gasteiger partial charge in [-0.2, -0.15) is 0 Å². The van der Waals surface area contributed by atoms with Gasteiger partial charge in [-0.15, -0.1) is 0 Å². The van der Waals surface area contributed by atoms with E-state index >= 15 is 0 Å². The van der Waals surface area contributed by atoms with Crippen LogP contribution in [-0.2, 0) is 14.6 Å². The smallest absolute Gasteiger partial charge is 0.330 e. The van der Waals surface area contributed by atoms with E-state index < -0.39 is 15.8 Å². The van der Waals surface area contributed by atoms with Crippen molar-refractivity contribution >= 4 is 27.4 Å². The zero-order chi connectivity index (χ0) is 13.8. The van der Waals surface area contributed by atoms with Crippen molar-refractivity contribution in [3.05, 3.63) is 41.4 Å². The molecule has 0 aliphatic rings. The summed E-state index contributed by atoms with van der Waals surface area (Å²) in [6.07, 6.45) is 0.387. The Balaban J connectivity index is 2.63. The molecule has 6 heteroatoms. The molecule has 4 nitrogen and oxygen atoms in total. The maximum Gasteiger partial charge on any atom is 0.330 e. The zero-order valence-electron chi connectivity index (χ0n) is 9.60. The second-order valence-electron chi connectivity index (χ2n) is 3.79. The standard InChI is InChI=1S/C12H13ClO4S/c1-9(12(14)15)3-2-8-18(16,17)11-6-4-10(13)5-7-11/h4-7H,1-3,8H2,(H,14,15). The van der Waals surface area contributed by atoms with Gasteiger partial charge in [0.2, 0.25) is 0 Å². The monoisotopic (exact) mass is 288 g/mol. The lowest BCUT2D eigenvalue weighted by Gasteiger charge is -2.04. The van der Waals surface area contributed by atoms with E-state index in [2.05, 4.69) is 6.58 Å². The van der Waals surface area contributed by atoms with E-state index in [-0.39, 0.29) is 29.1 Å². The minimum atomic E-state index is -3.39. The largest absolute Gasteiger partial charge is 0.478 e. The zero-order valence-corrected chi connectivity index (χ0v) is 11.2. The number of carboxylic acids is 1. The van der Waals surface area contributed by atoms with Crippen molar-refractivity contribution in [3.8, 4) is 0 Å². The van der Waals surface area contributed by atoms with Crippen LogP contribution in [0.25, 0.3) is 0 Å². The fourth-order valence-electron chi connectivity index (χ4n) is 1.34. The van der Waals surface area contributed by atoms with Crippen molar-refractivity contribution in [1.29, 1.82) is 0 Å². The van der Waals surface area contributed by atoms with Crippen LogP contribution in [0.3, 0.4) is 0 Å². The number of hydrogen-bond donors (Lipinski definition) is 1. The lowest BCUT2D eigenvalue weighted by atomic mass is 10.2. The molecule has 0 radical (unpaired) electrons. The molecule has 0 aromatic heterocycles. The van der Waals surface area contributed by atoms with Crippen LogP contribution in [0.4, 0.5) is 0 Å². The van der Waals surface area contributed by atoms with E-state index in [0.29, 0.717) is 5.02 Å². The Morgan fingerprint density at radius 2 is 1.83 bits per heavy atom. The van der Waals surface area contributed by atoms with Crippen LogP contribution in [0.2, 0.25) is 5.02 Å². The maximum atomic E-state index is 11.9. The Bertz CT molecular complexity index is 546. The highest BCUT2D eigenvalue weighted by molar-refractivity contribution is 7.91. The van der Waals surface area contributed by atoms with Gasteiger partial charge < -0.3 is 5.11 Å². The molecule has 0 saturated carbocycles. The molecule has 0 saturated heterocycles. The summed E-state index contributed by atoms with van der Waals surface area (Å²) in [4.78, 5) is 10.7. The van der Waals surface area contributed by atoms with Gasteiger partial charge in [-0.25, -0.2) is 13.2 Å². The molecule has 0 unspecified atom stereocenters. The van der Waals surface area contributed by atoms with Gasteiger partial charge in [0.15, 0.2) is 9.84 Å². The van der Waals surface area contributed by atoms with Gasteiger partial charge in [-0.3, -0.25) is 0 Å². The van der Waals surface area contributed by atoms with Crippen molar-refractivity contribution in [3.63, 3.8) is 0 Å². The average Bonchev–Trinajstić information content (AvgIpc) is 2.29. The second-order valence-corrected chi connectivity index (χ2v) is 6.33. The topological polar surface area (TPSA) is 71.4 Å². The van der Waals surface area contributed by atoms with Gasteiger partial charge in [-0.05, 0) is 37.1 Å². The molecule has 1 aromatic carbocycles. The van der Waals surface area contributed by atoms with Gasteiger partial charge in [-0.1, -0.05) is 18.2 Å². The van der Waals surface area contributed by atoms with E-state index in [1.54, 1.807) is 0 Å². The van der Waals surface area contributed by atoms with Crippen molar-refractivity contribution in [2.75, 3.05) is 5.75 Å². The number of hydrogen-bond acceptors (Lipinski definition) is 3. The Kier molecular flexibility index (Phi) is 4.93. The van der Waals surface area contributed by atoms with E-state index in [9.17, 15) is 13.2 Å². The fraction of sp³-hybridized carbons (Fsp3) is 0.250. The number of aliphatic carboxylic acids is 1. The third-order valence-electron chi connectivity index (χ3n) is 2.37. The molecule has 98 valence electrons. The summed E-state index contributed by atoms with van der Waals surface area (Å²) < 4.78 is 23.7. The SMILES string of the molecule is C=C(CCCS(=O)(=O)c1ccc(Cl)cc1)C(=O)O. The highest BCUT2D eigenvalue weighted by Gasteiger charge is 2.14. The molecule has 0 atom stereocenters. The van der Waals surface area contributed by atoms with E-state index in [1.165, 1.54) is 24.3 Å². The third kappa shape index (κ3) is 4.16. The summed E-state index contributed by atoms with van der Waals surface area (Å²) in [5.74, 6) is -1.21.